The number of aliphatic hydroxyl groups is 1. The summed E-state index contributed by atoms with van der Waals surface area (Å²) in [6.07, 6.45) is 7.29. The molecule has 2 fully saturated rings. The minimum absolute atomic E-state index is 0.148. The Morgan fingerprint density at radius 1 is 1.13 bits per heavy atom. The van der Waals surface area contributed by atoms with Crippen LogP contribution < -0.4 is 5.32 Å². The van der Waals surface area contributed by atoms with Crippen molar-refractivity contribution in [2.24, 2.45) is 0 Å². The number of nitrogens with one attached hydrogen (secondary N) is 2. The molecule has 3 heterocycles. The van der Waals surface area contributed by atoms with Gasteiger partial charge in [0, 0.05) is 36.9 Å². The van der Waals surface area contributed by atoms with Crippen LogP contribution in [0, 0.1) is 0 Å². The summed E-state index contributed by atoms with van der Waals surface area (Å²) in [6, 6.07) is 7.91. The van der Waals surface area contributed by atoms with Gasteiger partial charge in [-0.3, -0.25) is 9.69 Å². The quantitative estimate of drug-likeness (QED) is 0.543. The van der Waals surface area contributed by atoms with Crippen LogP contribution in [0.3, 0.4) is 0 Å². The third-order valence-corrected chi connectivity index (χ3v) is 6.61. The number of carbonyl (C=O) groups excluding carboxylic acids is 1. The highest BCUT2D eigenvalue weighted by Gasteiger charge is 2.33. The van der Waals surface area contributed by atoms with Crippen LogP contribution in [-0.2, 0) is 0 Å². The van der Waals surface area contributed by atoms with Crippen LogP contribution in [0.15, 0.2) is 36.8 Å². The Hall–Kier alpha value is -2.48. The number of ketones is 1. The Morgan fingerprint density at radius 2 is 1.90 bits per heavy atom. The molecule has 3 N–H and O–H groups in total. The fraction of sp³-hybridized carbons (Fsp3) is 0.409. The van der Waals surface area contributed by atoms with E-state index in [9.17, 15) is 9.90 Å². The van der Waals surface area contributed by atoms with Gasteiger partial charge in [-0.05, 0) is 37.8 Å². The molecule has 1 aliphatic heterocycles. The molecule has 5 rings (SSSR count). The number of likely N-dealkylation sites (tertiary alicyclic amines) is 1. The van der Waals surface area contributed by atoms with E-state index in [1.165, 1.54) is 6.33 Å². The van der Waals surface area contributed by atoms with Gasteiger partial charge >= 0.3 is 0 Å². The molecule has 30 heavy (non-hydrogen) atoms. The topological polar surface area (TPSA) is 94.1 Å². The first kappa shape index (κ1) is 19.5. The summed E-state index contributed by atoms with van der Waals surface area (Å²) in [5.41, 5.74) is 1.61. The van der Waals surface area contributed by atoms with Gasteiger partial charge in [0.1, 0.15) is 17.8 Å². The molecule has 1 saturated carbocycles. The second kappa shape index (κ2) is 7.98. The number of anilines is 1. The number of hydrogen-bond donors (Lipinski definition) is 3. The van der Waals surface area contributed by atoms with E-state index in [2.05, 4.69) is 25.2 Å². The molecule has 0 amide bonds. The number of aliphatic hydroxyl groups excluding tert-OH is 1. The zero-order chi connectivity index (χ0) is 20.7. The van der Waals surface area contributed by atoms with E-state index < -0.39 is 0 Å². The highest BCUT2D eigenvalue weighted by atomic mass is 35.5. The number of aromatic amines is 1. The molecule has 7 nitrogen and oxygen atoms in total. The predicted molar refractivity (Wildman–Crippen MR) is 116 cm³/mol. The molecular weight excluding hydrogens is 402 g/mol. The number of H-pyrrole nitrogens is 1. The highest BCUT2D eigenvalue weighted by molar-refractivity contribution is 6.35. The van der Waals surface area contributed by atoms with Crippen molar-refractivity contribution in [3.63, 3.8) is 0 Å². The van der Waals surface area contributed by atoms with E-state index in [1.807, 2.05) is 6.07 Å². The minimum Gasteiger partial charge on any atom is -0.390 e. The number of halogens is 1. The lowest BCUT2D eigenvalue weighted by molar-refractivity contribution is -0.0337. The zero-order valence-corrected chi connectivity index (χ0v) is 17.3. The molecule has 0 radical (unpaired) electrons. The largest absolute Gasteiger partial charge is 0.390 e. The van der Waals surface area contributed by atoms with Crippen LogP contribution in [-0.4, -0.2) is 62.0 Å². The van der Waals surface area contributed by atoms with Gasteiger partial charge in [-0.25, -0.2) is 9.97 Å². The Bertz CT molecular complexity index is 1070. The number of rotatable bonds is 5. The Kier molecular flexibility index (Phi) is 5.18. The van der Waals surface area contributed by atoms with Crippen molar-refractivity contribution in [1.82, 2.24) is 19.9 Å². The molecule has 1 aliphatic carbocycles. The van der Waals surface area contributed by atoms with Crippen molar-refractivity contribution in [1.29, 1.82) is 0 Å². The van der Waals surface area contributed by atoms with E-state index in [1.54, 1.807) is 24.4 Å². The minimum atomic E-state index is -0.155. The molecule has 1 aromatic carbocycles. The van der Waals surface area contributed by atoms with E-state index in [0.29, 0.717) is 45.1 Å². The summed E-state index contributed by atoms with van der Waals surface area (Å²) < 4.78 is 0. The molecule has 0 spiro atoms. The van der Waals surface area contributed by atoms with Crippen molar-refractivity contribution in [3.8, 4) is 0 Å². The highest BCUT2D eigenvalue weighted by Crippen LogP contribution is 2.31. The molecule has 8 heteroatoms. The van der Waals surface area contributed by atoms with Gasteiger partial charge in [0.15, 0.2) is 5.78 Å². The van der Waals surface area contributed by atoms with E-state index in [4.69, 9.17) is 11.6 Å². The number of β-amino-alcohol motifs (C(OH)–C–C–N with tert-alkyl or cyclic N) is 1. The SMILES string of the molecule is O=C(c1ccccc1Cl)c1c[nH]c2ncnc(N[C@H]3CC[C@@H](N4CC(O)C4)CC3)c12. The number of aromatic nitrogens is 3. The van der Waals surface area contributed by atoms with Crippen LogP contribution in [0.1, 0.15) is 41.6 Å². The third kappa shape index (κ3) is 3.57. The zero-order valence-electron chi connectivity index (χ0n) is 16.5. The molecule has 156 valence electrons. The van der Waals surface area contributed by atoms with Crippen molar-refractivity contribution in [2.45, 2.75) is 43.9 Å². The standard InChI is InChI=1S/C22H24ClN5O2/c23-18-4-2-1-3-16(18)20(30)17-9-24-21-19(17)22(26-12-25-21)27-13-5-7-14(8-6-13)28-10-15(29)11-28/h1-4,9,12-15,29H,5-8,10-11H2,(H2,24,25,26,27)/t13-,14+. The predicted octanol–water partition coefficient (Wildman–Crippen LogP) is 3.24. The number of benzene rings is 1. The van der Waals surface area contributed by atoms with Crippen molar-refractivity contribution < 1.29 is 9.90 Å². The third-order valence-electron chi connectivity index (χ3n) is 6.28. The smallest absolute Gasteiger partial charge is 0.196 e. The summed E-state index contributed by atoms with van der Waals surface area (Å²) in [5.74, 6) is 0.532. The van der Waals surface area contributed by atoms with Gasteiger partial charge in [-0.2, -0.15) is 0 Å². The molecule has 0 atom stereocenters. The van der Waals surface area contributed by atoms with E-state index in [-0.39, 0.29) is 11.9 Å². The van der Waals surface area contributed by atoms with Gasteiger partial charge < -0.3 is 15.4 Å². The van der Waals surface area contributed by atoms with Crippen LogP contribution in [0.2, 0.25) is 5.02 Å². The fourth-order valence-electron chi connectivity index (χ4n) is 4.61. The van der Waals surface area contributed by atoms with Gasteiger partial charge in [-0.1, -0.05) is 23.7 Å². The number of fused-ring (bicyclic) bond motifs is 1. The number of nitrogens with zero attached hydrogens (tertiary/aromatic N) is 3. The maximum Gasteiger partial charge on any atom is 0.196 e. The average Bonchev–Trinajstić information content (AvgIpc) is 3.17. The maximum atomic E-state index is 13.2. The fourth-order valence-corrected chi connectivity index (χ4v) is 4.83. The normalized spacial score (nSPS) is 22.7. The van der Waals surface area contributed by atoms with Gasteiger partial charge in [0.2, 0.25) is 0 Å². The summed E-state index contributed by atoms with van der Waals surface area (Å²) in [5, 5.41) is 14.2. The lowest BCUT2D eigenvalue weighted by Gasteiger charge is -2.44. The molecule has 2 aliphatic rings. The summed E-state index contributed by atoms with van der Waals surface area (Å²) in [4.78, 5) is 27.4. The second-order valence-corrected chi connectivity index (χ2v) is 8.62. The van der Waals surface area contributed by atoms with Gasteiger partial charge in [0.05, 0.1) is 22.1 Å². The molecule has 0 unspecified atom stereocenters. The van der Waals surface area contributed by atoms with Crippen molar-refractivity contribution in [3.05, 3.63) is 52.9 Å². The summed E-state index contributed by atoms with van der Waals surface area (Å²) in [7, 11) is 0. The van der Waals surface area contributed by atoms with E-state index in [0.717, 1.165) is 38.8 Å². The number of carbonyl (C=O) groups is 1. The van der Waals surface area contributed by atoms with Crippen LogP contribution >= 0.6 is 11.6 Å². The average molecular weight is 426 g/mol. The molecule has 0 bridgehead atoms. The van der Waals surface area contributed by atoms with Crippen LogP contribution in [0.4, 0.5) is 5.82 Å². The molecule has 1 saturated heterocycles. The molecular formula is C22H24ClN5O2. The Morgan fingerprint density at radius 3 is 2.63 bits per heavy atom. The molecule has 3 aromatic rings. The monoisotopic (exact) mass is 425 g/mol. The lowest BCUT2D eigenvalue weighted by atomic mass is 9.88. The van der Waals surface area contributed by atoms with Gasteiger partial charge in [-0.15, -0.1) is 0 Å². The first-order valence-electron chi connectivity index (χ1n) is 10.4. The first-order valence-corrected chi connectivity index (χ1v) is 10.8. The second-order valence-electron chi connectivity index (χ2n) is 8.21. The first-order chi connectivity index (χ1) is 14.6. The maximum absolute atomic E-state index is 13.2. The Labute approximate surface area is 179 Å². The summed E-state index contributed by atoms with van der Waals surface area (Å²) >= 11 is 6.25. The van der Waals surface area contributed by atoms with Crippen LogP contribution in [0.5, 0.6) is 0 Å². The van der Waals surface area contributed by atoms with Gasteiger partial charge in [0.25, 0.3) is 0 Å². The summed E-state index contributed by atoms with van der Waals surface area (Å²) in [6.45, 7) is 1.60. The van der Waals surface area contributed by atoms with Crippen molar-refractivity contribution >= 4 is 34.2 Å². The van der Waals surface area contributed by atoms with E-state index >= 15 is 0 Å². The number of hydrogen-bond acceptors (Lipinski definition) is 6. The molecule has 2 aromatic heterocycles. The van der Waals surface area contributed by atoms with Crippen molar-refractivity contribution in [2.75, 3.05) is 18.4 Å². The van der Waals surface area contributed by atoms with Crippen LogP contribution in [0.25, 0.3) is 11.0 Å². The Balaban J connectivity index is 1.36. The lowest BCUT2D eigenvalue weighted by Crippen LogP contribution is -2.56.